The zero-order valence-corrected chi connectivity index (χ0v) is 26.6. The number of nitrogens with one attached hydrogen (secondary N) is 1. The average Bonchev–Trinajstić information content (AvgIpc) is 3.10. The van der Waals surface area contributed by atoms with Crippen LogP contribution in [0.15, 0.2) is 12.2 Å². The number of hydrogen-bond donors (Lipinski definition) is 7. The fourth-order valence-electron chi connectivity index (χ4n) is 9.55. The Bertz CT molecular complexity index is 1360. The van der Waals surface area contributed by atoms with Gasteiger partial charge in [-0.1, -0.05) is 13.5 Å². The molecule has 8 unspecified atom stereocenters. The van der Waals surface area contributed by atoms with Gasteiger partial charge < -0.3 is 35.8 Å². The van der Waals surface area contributed by atoms with Gasteiger partial charge >= 0.3 is 26.8 Å². The first-order chi connectivity index (χ1) is 20.9. The van der Waals surface area contributed by atoms with Gasteiger partial charge in [0.2, 0.25) is 0 Å². The number of carboxylic acid groups (broad SMARTS) is 1. The summed E-state index contributed by atoms with van der Waals surface area (Å²) in [6.07, 6.45) is -6.72. The van der Waals surface area contributed by atoms with Gasteiger partial charge in [0, 0.05) is 25.0 Å². The molecule has 18 heteroatoms. The zero-order valence-electron chi connectivity index (χ0n) is 24.9. The summed E-state index contributed by atoms with van der Waals surface area (Å²) in [5.41, 5.74) is 5.32. The quantitative estimate of drug-likeness (QED) is 0.0633. The predicted molar refractivity (Wildman–Crippen MR) is 154 cm³/mol. The van der Waals surface area contributed by atoms with Crippen LogP contribution in [0.1, 0.15) is 51.9 Å². The monoisotopic (exact) mass is 684 g/mol. The van der Waals surface area contributed by atoms with Crippen molar-refractivity contribution in [3.63, 3.8) is 0 Å². The molecule has 0 aromatic heterocycles. The highest BCUT2D eigenvalue weighted by Crippen LogP contribution is 2.70. The van der Waals surface area contributed by atoms with Crippen LogP contribution in [0.3, 0.4) is 0 Å². The van der Waals surface area contributed by atoms with E-state index in [-0.39, 0.29) is 43.8 Å². The molecule has 2 bridgehead atoms. The Balaban J connectivity index is 1.45. The van der Waals surface area contributed by atoms with Gasteiger partial charge in [-0.25, -0.2) is 8.37 Å². The summed E-state index contributed by atoms with van der Waals surface area (Å²) in [7, 11) is -10.5. The van der Waals surface area contributed by atoms with Crippen molar-refractivity contribution < 1.29 is 63.9 Å². The average molecular weight is 685 g/mol. The molecule has 45 heavy (non-hydrogen) atoms. The molecule has 1 saturated heterocycles. The minimum atomic E-state index is -5.30. The van der Waals surface area contributed by atoms with Gasteiger partial charge in [0.1, 0.15) is 24.4 Å². The summed E-state index contributed by atoms with van der Waals surface area (Å²) < 4.78 is 86.9. The lowest BCUT2D eigenvalue weighted by atomic mass is 9.43. The first-order valence-corrected chi connectivity index (χ1v) is 17.9. The number of ether oxygens (including phenoxy) is 2. The second-order valence-corrected chi connectivity index (χ2v) is 15.6. The molecule has 13 atom stereocenters. The topological polar surface area (TPSA) is 261 Å². The van der Waals surface area contributed by atoms with E-state index in [2.05, 4.69) is 20.3 Å². The molecule has 1 heterocycles. The molecule has 0 amide bonds. The standard InChI is InChI=1S/C27H44N2O14S2/c1-13-14-3-4-19-26(2)11-15(9-16(24(32)33)17(26)5-6-27(19,10-14)23(13)31)40-25-20(30)22(43-45(37,38)39)21(42-44(34,35)36)18(41-25)12-29-8-7-28/h14-23,25,29-31H,1,3-12,28H2,2H3,(H,32,33)(H,34,35,36)(H,37,38,39)/t14?,15?,16?,17?,18-,19?,20?,21-,22+,23+,25+,26?,27?/m1/s1. The summed E-state index contributed by atoms with van der Waals surface area (Å²) >= 11 is 0. The Morgan fingerprint density at radius 1 is 1.09 bits per heavy atom. The maximum Gasteiger partial charge on any atom is 0.397 e. The van der Waals surface area contributed by atoms with Crippen LogP contribution >= 0.6 is 0 Å². The SMILES string of the molecule is C=C1C2CCC3C4(C)CC(O[C@H]5O[C@H](CNCCN)[C@@H](OS(=O)(=O)O)[C@@H](OS(=O)(=O)O)C5O)CC(C(=O)O)C4CCC3(C2)[C@H]1O. The van der Waals surface area contributed by atoms with E-state index in [1.807, 2.05) is 6.92 Å². The van der Waals surface area contributed by atoms with Crippen LogP contribution in [0, 0.1) is 34.5 Å². The number of carbonyl (C=O) groups is 1. The summed E-state index contributed by atoms with van der Waals surface area (Å²) in [6, 6.07) is 0. The molecule has 5 rings (SSSR count). The van der Waals surface area contributed by atoms with Crippen molar-refractivity contribution in [3.05, 3.63) is 12.2 Å². The highest BCUT2D eigenvalue weighted by Gasteiger charge is 2.67. The number of nitrogens with two attached hydrogens (primary N) is 1. The molecule has 5 fully saturated rings. The van der Waals surface area contributed by atoms with Crippen LogP contribution < -0.4 is 11.1 Å². The van der Waals surface area contributed by atoms with E-state index in [0.29, 0.717) is 19.3 Å². The molecule has 0 aromatic carbocycles. The first-order valence-electron chi connectivity index (χ1n) is 15.2. The van der Waals surface area contributed by atoms with Crippen molar-refractivity contribution in [2.45, 2.75) is 94.8 Å². The number of hydrogen-bond acceptors (Lipinski definition) is 13. The molecule has 5 aliphatic rings. The Kier molecular flexibility index (Phi) is 9.83. The second kappa shape index (κ2) is 12.6. The van der Waals surface area contributed by atoms with E-state index in [4.69, 9.17) is 15.2 Å². The van der Waals surface area contributed by atoms with Crippen LogP contribution in [0.25, 0.3) is 0 Å². The number of aliphatic carboxylic acids is 1. The van der Waals surface area contributed by atoms with Crippen molar-refractivity contribution in [3.8, 4) is 0 Å². The van der Waals surface area contributed by atoms with E-state index in [0.717, 1.165) is 24.8 Å². The van der Waals surface area contributed by atoms with Gasteiger partial charge in [-0.15, -0.1) is 0 Å². The number of carboxylic acids is 1. The summed E-state index contributed by atoms with van der Waals surface area (Å²) in [5.74, 6) is -1.86. The highest BCUT2D eigenvalue weighted by molar-refractivity contribution is 7.81. The fourth-order valence-corrected chi connectivity index (χ4v) is 10.6. The third-order valence-electron chi connectivity index (χ3n) is 11.2. The van der Waals surface area contributed by atoms with Crippen LogP contribution in [0.4, 0.5) is 0 Å². The lowest BCUT2D eigenvalue weighted by molar-refractivity contribution is -0.309. The number of aliphatic hydroxyl groups is 2. The Morgan fingerprint density at radius 3 is 2.38 bits per heavy atom. The van der Waals surface area contributed by atoms with Crippen LogP contribution in [-0.2, 0) is 43.4 Å². The van der Waals surface area contributed by atoms with Crippen LogP contribution in [-0.4, -0.2) is 110 Å². The number of aliphatic hydroxyl groups excluding tert-OH is 2. The van der Waals surface area contributed by atoms with E-state index in [1.54, 1.807) is 0 Å². The molecule has 8 N–H and O–H groups in total. The Labute approximate surface area is 262 Å². The van der Waals surface area contributed by atoms with Gasteiger partial charge in [-0.05, 0) is 73.7 Å². The third-order valence-corrected chi connectivity index (χ3v) is 12.1. The number of rotatable bonds is 11. The lowest BCUT2D eigenvalue weighted by Gasteiger charge is -2.62. The summed E-state index contributed by atoms with van der Waals surface area (Å²) in [5, 5.41) is 35.7. The van der Waals surface area contributed by atoms with E-state index < -0.39 is 86.4 Å². The van der Waals surface area contributed by atoms with Gasteiger partial charge in [0.15, 0.2) is 6.29 Å². The molecule has 1 aliphatic heterocycles. The molecular weight excluding hydrogens is 640 g/mol. The molecule has 0 aromatic rings. The van der Waals surface area contributed by atoms with Crippen molar-refractivity contribution in [2.24, 2.45) is 40.2 Å². The second-order valence-electron chi connectivity index (χ2n) is 13.5. The normalized spacial score (nSPS) is 45.1. The van der Waals surface area contributed by atoms with Crippen LogP contribution in [0.2, 0.25) is 0 Å². The van der Waals surface area contributed by atoms with Gasteiger partial charge in [0.25, 0.3) is 0 Å². The highest BCUT2D eigenvalue weighted by atomic mass is 32.3. The van der Waals surface area contributed by atoms with Crippen molar-refractivity contribution >= 4 is 26.8 Å². The van der Waals surface area contributed by atoms with Crippen molar-refractivity contribution in [1.82, 2.24) is 5.32 Å². The maximum atomic E-state index is 12.6. The zero-order chi connectivity index (χ0) is 33.1. The molecule has 258 valence electrons. The minimum Gasteiger partial charge on any atom is -0.481 e. The Hall–Kier alpha value is -1.29. The van der Waals surface area contributed by atoms with Gasteiger partial charge in [-0.2, -0.15) is 16.8 Å². The molecule has 1 spiro atoms. The smallest absolute Gasteiger partial charge is 0.397 e. The largest absolute Gasteiger partial charge is 0.481 e. The van der Waals surface area contributed by atoms with Gasteiger partial charge in [-0.3, -0.25) is 13.9 Å². The van der Waals surface area contributed by atoms with Gasteiger partial charge in [0.05, 0.1) is 18.1 Å². The third kappa shape index (κ3) is 6.71. The minimum absolute atomic E-state index is 0.0314. The molecule has 4 saturated carbocycles. The lowest BCUT2D eigenvalue weighted by Crippen LogP contribution is -2.64. The first kappa shape index (κ1) is 35.0. The molecule has 16 nitrogen and oxygen atoms in total. The molecular formula is C27H44N2O14S2. The maximum absolute atomic E-state index is 12.6. The van der Waals surface area contributed by atoms with Crippen molar-refractivity contribution in [1.29, 1.82) is 0 Å². The van der Waals surface area contributed by atoms with Crippen LogP contribution in [0.5, 0.6) is 0 Å². The predicted octanol–water partition coefficient (Wildman–Crippen LogP) is -0.374. The van der Waals surface area contributed by atoms with E-state index in [9.17, 15) is 46.1 Å². The molecule has 4 aliphatic carbocycles. The number of fused-ring (bicyclic) bond motifs is 3. The summed E-state index contributed by atoms with van der Waals surface area (Å²) in [6.45, 7) is 6.34. The molecule has 0 radical (unpaired) electrons. The summed E-state index contributed by atoms with van der Waals surface area (Å²) in [4.78, 5) is 12.6. The Morgan fingerprint density at radius 2 is 1.76 bits per heavy atom. The fraction of sp³-hybridized carbons (Fsp3) is 0.889. The van der Waals surface area contributed by atoms with E-state index >= 15 is 0 Å². The van der Waals surface area contributed by atoms with Crippen molar-refractivity contribution in [2.75, 3.05) is 19.6 Å². The van der Waals surface area contributed by atoms with E-state index in [1.165, 1.54) is 0 Å².